The molecule has 2 amide bonds. The molecule has 2 fully saturated rings. The number of piperazine rings is 1. The molecule has 2 atom stereocenters. The molecule has 0 aliphatic carbocycles. The summed E-state index contributed by atoms with van der Waals surface area (Å²) in [5.41, 5.74) is -3.84. The lowest BCUT2D eigenvalue weighted by Gasteiger charge is -2.49. The van der Waals surface area contributed by atoms with Crippen LogP contribution >= 0.6 is 0 Å². The van der Waals surface area contributed by atoms with Gasteiger partial charge in [-0.2, -0.15) is 26.3 Å². The lowest BCUT2D eigenvalue weighted by molar-refractivity contribution is -0.155. The maximum Gasteiger partial charge on any atom is 0.417 e. The second-order valence-corrected chi connectivity index (χ2v) is 13.1. The van der Waals surface area contributed by atoms with E-state index in [9.17, 15) is 35.5 Å². The third kappa shape index (κ3) is 8.64. The number of benzene rings is 3. The van der Waals surface area contributed by atoms with Crippen LogP contribution in [0.1, 0.15) is 39.4 Å². The third-order valence-corrected chi connectivity index (χ3v) is 9.75. The van der Waals surface area contributed by atoms with E-state index in [0.29, 0.717) is 43.7 Å². The summed E-state index contributed by atoms with van der Waals surface area (Å²) < 4.78 is 114. The quantitative estimate of drug-likeness (QED) is 0.126. The minimum atomic E-state index is -4.91. The third-order valence-electron chi connectivity index (χ3n) is 9.75. The number of likely N-dealkylation sites (tertiary alicyclic amines) is 1. The normalized spacial score (nSPS) is 19.3. The van der Waals surface area contributed by atoms with Gasteiger partial charge in [0, 0.05) is 58.1 Å². The predicted molar refractivity (Wildman–Crippen MR) is 186 cm³/mol. The van der Waals surface area contributed by atoms with Gasteiger partial charge in [0.05, 0.1) is 35.5 Å². The van der Waals surface area contributed by atoms with Crippen LogP contribution in [0.4, 0.5) is 36.4 Å². The summed E-state index contributed by atoms with van der Waals surface area (Å²) in [5.74, 6) is -2.76. The van der Waals surface area contributed by atoms with Gasteiger partial charge in [-0.15, -0.1) is 0 Å². The number of hydrogen-bond donors (Lipinski definition) is 0. The van der Waals surface area contributed by atoms with Crippen molar-refractivity contribution >= 4 is 17.5 Å². The number of halogens is 7. The minimum Gasteiger partial charge on any atom is -0.489 e. The Balaban J connectivity index is 1.39. The topological polar surface area (TPSA) is 84.4 Å². The maximum atomic E-state index is 15.1. The van der Waals surface area contributed by atoms with Crippen molar-refractivity contribution in [3.63, 3.8) is 0 Å². The summed E-state index contributed by atoms with van der Waals surface area (Å²) in [5, 5.41) is 0. The van der Waals surface area contributed by atoms with Crippen molar-refractivity contribution in [2.24, 2.45) is 0 Å². The fraction of sp³-hybridized carbons (Fsp3) is 0.359. The molecule has 0 radical (unpaired) electrons. The Hall–Kier alpha value is -5.38. The van der Waals surface area contributed by atoms with Crippen molar-refractivity contribution in [2.75, 3.05) is 64.5 Å². The number of rotatable bonds is 10. The molecule has 1 aromatic heterocycles. The Bertz CT molecular complexity index is 1950. The van der Waals surface area contributed by atoms with Crippen molar-refractivity contribution in [3.05, 3.63) is 119 Å². The molecule has 0 unspecified atom stereocenters. The number of methoxy groups -OCH3 is 1. The average Bonchev–Trinajstić information content (AvgIpc) is 3.17. The molecule has 0 N–H and O–H groups in total. The molecular formula is C39H37F7N4O5. The second kappa shape index (κ2) is 16.2. The average molecular weight is 775 g/mol. The molecule has 4 aromatic rings. The number of carbonyl (C=O) groups excluding carboxylic acids is 2. The summed E-state index contributed by atoms with van der Waals surface area (Å²) in [6.45, 7) is 0.859. The Morgan fingerprint density at radius 3 is 2.16 bits per heavy atom. The molecule has 2 saturated heterocycles. The fourth-order valence-corrected chi connectivity index (χ4v) is 7.06. The van der Waals surface area contributed by atoms with E-state index in [0.717, 1.165) is 47.2 Å². The van der Waals surface area contributed by atoms with Crippen LogP contribution in [0.2, 0.25) is 0 Å². The predicted octanol–water partition coefficient (Wildman–Crippen LogP) is 7.08. The van der Waals surface area contributed by atoms with E-state index in [1.807, 2.05) is 29.2 Å². The molecule has 55 heavy (non-hydrogen) atoms. The van der Waals surface area contributed by atoms with Gasteiger partial charge < -0.3 is 28.9 Å². The van der Waals surface area contributed by atoms with E-state index < -0.39 is 64.7 Å². The smallest absolute Gasteiger partial charge is 0.417 e. The lowest BCUT2D eigenvalue weighted by Crippen LogP contribution is -2.67. The van der Waals surface area contributed by atoms with Gasteiger partial charge in [-0.1, -0.05) is 24.3 Å². The molecule has 292 valence electrons. The number of pyridine rings is 1. The Morgan fingerprint density at radius 1 is 0.818 bits per heavy atom. The summed E-state index contributed by atoms with van der Waals surface area (Å²) in [7, 11) is 1.56. The largest absolute Gasteiger partial charge is 0.489 e. The first-order valence-corrected chi connectivity index (χ1v) is 17.4. The number of ether oxygens (including phenoxy) is 3. The zero-order chi connectivity index (χ0) is 39.4. The van der Waals surface area contributed by atoms with Crippen LogP contribution in [-0.4, -0.2) is 91.8 Å². The van der Waals surface area contributed by atoms with Gasteiger partial charge in [0.15, 0.2) is 0 Å². The standard InChI is InChI=1S/C39H37F7N4O5/c1-53-22-23-54-34-5-3-2-4-33(34)48-18-20-49(21-19-48)36(52)37(55-29-12-8-27(9-13-29)38(41,42)43)25-50(17-15-31(37)26-6-10-28(40)11-7-26)35(51)30-24-47-16-14-32(30)39(44,45)46/h2-14,16,24,31H,15,17-23,25H2,1H3/t31-,37+/m0/s1. The van der Waals surface area contributed by atoms with E-state index in [1.54, 1.807) is 7.11 Å². The first-order valence-electron chi connectivity index (χ1n) is 17.4. The van der Waals surface area contributed by atoms with E-state index in [4.69, 9.17) is 14.2 Å². The molecule has 2 aliphatic heterocycles. The second-order valence-electron chi connectivity index (χ2n) is 13.1. The van der Waals surface area contributed by atoms with E-state index in [1.165, 1.54) is 29.2 Å². The summed E-state index contributed by atoms with van der Waals surface area (Å²) in [4.78, 5) is 37.4. The molecule has 6 rings (SSSR count). The van der Waals surface area contributed by atoms with Gasteiger partial charge >= 0.3 is 12.4 Å². The van der Waals surface area contributed by atoms with Gasteiger partial charge in [-0.05, 0) is 66.6 Å². The number of carbonyl (C=O) groups is 2. The van der Waals surface area contributed by atoms with Crippen LogP contribution in [0.25, 0.3) is 0 Å². The molecule has 3 aromatic carbocycles. The Kier molecular flexibility index (Phi) is 11.5. The summed E-state index contributed by atoms with van der Waals surface area (Å²) >= 11 is 0. The number of piperidine rings is 1. The molecule has 16 heteroatoms. The zero-order valence-corrected chi connectivity index (χ0v) is 29.6. The highest BCUT2D eigenvalue weighted by molar-refractivity contribution is 5.97. The zero-order valence-electron chi connectivity index (χ0n) is 29.6. The monoisotopic (exact) mass is 774 g/mol. The molecule has 0 bridgehead atoms. The van der Waals surface area contributed by atoms with Crippen LogP contribution in [0.3, 0.4) is 0 Å². The molecule has 0 spiro atoms. The highest BCUT2D eigenvalue weighted by Gasteiger charge is 2.56. The number of anilines is 1. The first kappa shape index (κ1) is 39.3. The minimum absolute atomic E-state index is 0.0302. The van der Waals surface area contributed by atoms with Crippen LogP contribution in [0, 0.1) is 5.82 Å². The molecule has 2 aliphatic rings. The first-order chi connectivity index (χ1) is 26.2. The highest BCUT2D eigenvalue weighted by Crippen LogP contribution is 2.43. The van der Waals surface area contributed by atoms with Gasteiger partial charge in [-0.3, -0.25) is 14.6 Å². The van der Waals surface area contributed by atoms with Crippen LogP contribution in [-0.2, 0) is 21.9 Å². The van der Waals surface area contributed by atoms with E-state index in [-0.39, 0.29) is 31.8 Å². The van der Waals surface area contributed by atoms with Crippen molar-refractivity contribution in [1.29, 1.82) is 0 Å². The molecule has 0 saturated carbocycles. The van der Waals surface area contributed by atoms with Crippen molar-refractivity contribution in [2.45, 2.75) is 30.3 Å². The molecule has 9 nitrogen and oxygen atoms in total. The lowest BCUT2D eigenvalue weighted by atomic mass is 9.75. The summed E-state index contributed by atoms with van der Waals surface area (Å²) in [6, 6.07) is 16.9. The SMILES string of the molecule is COCCOc1ccccc1N1CCN(C(=O)[C@@]2(Oc3ccc(C(F)(F)F)cc3)CN(C(=O)c3cnccc3C(F)(F)F)CC[C@H]2c2ccc(F)cc2)CC1. The number of aromatic nitrogens is 1. The summed E-state index contributed by atoms with van der Waals surface area (Å²) in [6.07, 6.45) is -7.91. The van der Waals surface area contributed by atoms with Crippen molar-refractivity contribution < 1.29 is 54.5 Å². The number of hydrogen-bond acceptors (Lipinski definition) is 7. The Morgan fingerprint density at radius 2 is 1.51 bits per heavy atom. The maximum absolute atomic E-state index is 15.1. The van der Waals surface area contributed by atoms with E-state index in [2.05, 4.69) is 4.98 Å². The van der Waals surface area contributed by atoms with E-state index >= 15 is 4.79 Å². The van der Waals surface area contributed by atoms with Crippen molar-refractivity contribution in [1.82, 2.24) is 14.8 Å². The number of para-hydroxylation sites is 2. The van der Waals surface area contributed by atoms with Crippen LogP contribution in [0.15, 0.2) is 91.3 Å². The van der Waals surface area contributed by atoms with Crippen LogP contribution in [0.5, 0.6) is 11.5 Å². The van der Waals surface area contributed by atoms with Crippen LogP contribution < -0.4 is 14.4 Å². The van der Waals surface area contributed by atoms with Crippen molar-refractivity contribution in [3.8, 4) is 11.5 Å². The molecular weight excluding hydrogens is 737 g/mol. The number of amides is 2. The highest BCUT2D eigenvalue weighted by atomic mass is 19.4. The van der Waals surface area contributed by atoms with Gasteiger partial charge in [0.25, 0.3) is 11.8 Å². The molecule has 3 heterocycles. The Labute approximate surface area is 312 Å². The number of nitrogens with zero attached hydrogens (tertiary/aromatic N) is 4. The van der Waals surface area contributed by atoms with Gasteiger partial charge in [0.1, 0.15) is 23.9 Å². The fourth-order valence-electron chi connectivity index (χ4n) is 7.06. The van der Waals surface area contributed by atoms with Gasteiger partial charge in [0.2, 0.25) is 5.60 Å². The number of alkyl halides is 6. The van der Waals surface area contributed by atoms with Gasteiger partial charge in [-0.25, -0.2) is 4.39 Å².